The number of hydrogen-bond acceptors (Lipinski definition) is 2. The normalized spacial score (nSPS) is 9.64. The highest BCUT2D eigenvalue weighted by molar-refractivity contribution is 5.78. The van der Waals surface area contributed by atoms with Gasteiger partial charge in [-0.3, -0.25) is 0 Å². The molecule has 0 unspecified atom stereocenters. The van der Waals surface area contributed by atoms with Gasteiger partial charge in [0.1, 0.15) is 0 Å². The molecule has 0 saturated carbocycles. The quantitative estimate of drug-likeness (QED) is 0.577. The van der Waals surface area contributed by atoms with Gasteiger partial charge in [0.25, 0.3) is 0 Å². The van der Waals surface area contributed by atoms with Gasteiger partial charge < -0.3 is 4.57 Å². The number of hydrogen-bond donors (Lipinski definition) is 0. The Hall–Kier alpha value is -2.26. The fraction of sp³-hybridized carbons (Fsp3) is 0.0909. The first-order valence-corrected chi connectivity index (χ1v) is 4.09. The molecule has 0 aliphatic heterocycles. The first-order valence-electron chi connectivity index (χ1n) is 4.09. The van der Waals surface area contributed by atoms with Gasteiger partial charge in [0, 0.05) is 7.05 Å². The minimum absolute atomic E-state index is 0.579. The summed E-state index contributed by atoms with van der Waals surface area (Å²) in [6.45, 7) is 0. The largest absolute Gasteiger partial charge is 0.320 e. The maximum absolute atomic E-state index is 8.71. The first-order chi connectivity index (χ1) is 6.76. The van der Waals surface area contributed by atoms with Crippen molar-refractivity contribution in [3.8, 4) is 18.4 Å². The Morgan fingerprint density at radius 3 is 2.93 bits per heavy atom. The monoisotopic (exact) mass is 181 g/mol. The molecule has 1 heterocycles. The molecule has 0 fully saturated rings. The zero-order valence-electron chi connectivity index (χ0n) is 7.65. The highest BCUT2D eigenvalue weighted by Gasteiger charge is 2.05. The van der Waals surface area contributed by atoms with Crippen molar-refractivity contribution in [3.63, 3.8) is 0 Å². The third-order valence-corrected chi connectivity index (χ3v) is 2.14. The predicted molar refractivity (Wildman–Crippen MR) is 53.4 cm³/mol. The van der Waals surface area contributed by atoms with Gasteiger partial charge in [0.15, 0.2) is 5.82 Å². The van der Waals surface area contributed by atoms with Gasteiger partial charge in [0.2, 0.25) is 0 Å². The van der Waals surface area contributed by atoms with Crippen LogP contribution in [0.15, 0.2) is 18.2 Å². The van der Waals surface area contributed by atoms with Crippen LogP contribution in [0.2, 0.25) is 0 Å². The summed E-state index contributed by atoms with van der Waals surface area (Å²) in [6.07, 6.45) is 5.29. The Kier molecular flexibility index (Phi) is 1.73. The van der Waals surface area contributed by atoms with Crippen molar-refractivity contribution in [2.24, 2.45) is 7.05 Å². The molecule has 0 atom stereocenters. The van der Waals surface area contributed by atoms with E-state index in [1.165, 1.54) is 0 Å². The van der Waals surface area contributed by atoms with Crippen LogP contribution in [-0.2, 0) is 7.05 Å². The van der Waals surface area contributed by atoms with E-state index in [1.807, 2.05) is 17.7 Å². The lowest BCUT2D eigenvalue weighted by Crippen LogP contribution is -1.91. The number of benzene rings is 1. The van der Waals surface area contributed by atoms with E-state index in [1.54, 1.807) is 12.1 Å². The molecule has 0 spiro atoms. The van der Waals surface area contributed by atoms with Gasteiger partial charge in [0.05, 0.1) is 22.7 Å². The van der Waals surface area contributed by atoms with E-state index >= 15 is 0 Å². The standard InChI is InChI=1S/C11H7N3/c1-3-11-13-9-6-8(7-12)4-5-10(9)14(11)2/h1,4-6H,2H3. The van der Waals surface area contributed by atoms with Gasteiger partial charge in [-0.1, -0.05) is 0 Å². The minimum atomic E-state index is 0.579. The van der Waals surface area contributed by atoms with Crippen LogP contribution >= 0.6 is 0 Å². The van der Waals surface area contributed by atoms with Crippen LogP contribution in [0, 0.1) is 23.7 Å². The van der Waals surface area contributed by atoms with Gasteiger partial charge in [-0.25, -0.2) is 4.98 Å². The zero-order chi connectivity index (χ0) is 10.1. The Morgan fingerprint density at radius 2 is 2.29 bits per heavy atom. The molecule has 0 aliphatic carbocycles. The Balaban J connectivity index is 2.82. The van der Waals surface area contributed by atoms with Crippen molar-refractivity contribution in [1.29, 1.82) is 5.26 Å². The molecule has 66 valence electrons. The number of nitriles is 1. The molecule has 0 saturated heterocycles. The van der Waals surface area contributed by atoms with Crippen LogP contribution in [0.1, 0.15) is 11.4 Å². The van der Waals surface area contributed by atoms with Crippen molar-refractivity contribution in [2.75, 3.05) is 0 Å². The van der Waals surface area contributed by atoms with Gasteiger partial charge in [-0.2, -0.15) is 5.26 Å². The smallest absolute Gasteiger partial charge is 0.185 e. The molecule has 1 aromatic heterocycles. The SMILES string of the molecule is C#Cc1nc2cc(C#N)ccc2n1C. The molecule has 0 radical (unpaired) electrons. The fourth-order valence-corrected chi connectivity index (χ4v) is 1.40. The molecule has 2 rings (SSSR count). The van der Waals surface area contributed by atoms with Gasteiger partial charge >= 0.3 is 0 Å². The molecule has 0 aliphatic rings. The Labute approximate surface area is 81.6 Å². The summed E-state index contributed by atoms with van der Waals surface area (Å²) >= 11 is 0. The Bertz CT molecular complexity index is 579. The molecule has 0 N–H and O–H groups in total. The molecular formula is C11H7N3. The summed E-state index contributed by atoms with van der Waals surface area (Å²) < 4.78 is 1.83. The number of imidazole rings is 1. The van der Waals surface area contributed by atoms with E-state index in [0.29, 0.717) is 11.4 Å². The number of terminal acetylenes is 1. The summed E-state index contributed by atoms with van der Waals surface area (Å²) in [5.74, 6) is 3.07. The lowest BCUT2D eigenvalue weighted by Gasteiger charge is -1.94. The number of rotatable bonds is 0. The molecule has 14 heavy (non-hydrogen) atoms. The second kappa shape index (κ2) is 2.90. The third kappa shape index (κ3) is 1.04. The molecule has 3 heteroatoms. The second-order valence-corrected chi connectivity index (χ2v) is 2.95. The number of fused-ring (bicyclic) bond motifs is 1. The second-order valence-electron chi connectivity index (χ2n) is 2.95. The van der Waals surface area contributed by atoms with Crippen LogP contribution in [0.3, 0.4) is 0 Å². The van der Waals surface area contributed by atoms with Crippen LogP contribution in [-0.4, -0.2) is 9.55 Å². The third-order valence-electron chi connectivity index (χ3n) is 2.14. The minimum Gasteiger partial charge on any atom is -0.320 e. The van der Waals surface area contributed by atoms with E-state index in [4.69, 9.17) is 11.7 Å². The van der Waals surface area contributed by atoms with Gasteiger partial charge in [-0.05, 0) is 24.1 Å². The predicted octanol–water partition coefficient (Wildman–Crippen LogP) is 1.43. The molecular weight excluding hydrogens is 174 g/mol. The summed E-state index contributed by atoms with van der Waals surface area (Å²) in [5.41, 5.74) is 2.30. The average Bonchev–Trinajstić information content (AvgIpc) is 2.55. The van der Waals surface area contributed by atoms with Crippen molar-refractivity contribution in [1.82, 2.24) is 9.55 Å². The summed E-state index contributed by atoms with van der Waals surface area (Å²) in [7, 11) is 1.86. The van der Waals surface area contributed by atoms with Gasteiger partial charge in [-0.15, -0.1) is 6.42 Å². The summed E-state index contributed by atoms with van der Waals surface area (Å²) in [6, 6.07) is 7.40. The molecule has 3 nitrogen and oxygen atoms in total. The van der Waals surface area contributed by atoms with E-state index in [0.717, 1.165) is 11.0 Å². The van der Waals surface area contributed by atoms with Crippen molar-refractivity contribution in [3.05, 3.63) is 29.6 Å². The number of aryl methyl sites for hydroxylation is 1. The number of aromatic nitrogens is 2. The van der Waals surface area contributed by atoms with Crippen molar-refractivity contribution < 1.29 is 0 Å². The molecule has 1 aromatic carbocycles. The highest BCUT2D eigenvalue weighted by atomic mass is 15.0. The maximum Gasteiger partial charge on any atom is 0.185 e. The van der Waals surface area contributed by atoms with Crippen molar-refractivity contribution >= 4 is 11.0 Å². The summed E-state index contributed by atoms with van der Waals surface area (Å²) in [5, 5.41) is 8.71. The van der Waals surface area contributed by atoms with Crippen LogP contribution in [0.25, 0.3) is 11.0 Å². The van der Waals surface area contributed by atoms with E-state index in [-0.39, 0.29) is 0 Å². The lowest BCUT2D eigenvalue weighted by molar-refractivity contribution is 0.926. The first kappa shape index (κ1) is 8.34. The highest BCUT2D eigenvalue weighted by Crippen LogP contribution is 2.15. The maximum atomic E-state index is 8.71. The van der Waals surface area contributed by atoms with Crippen molar-refractivity contribution in [2.45, 2.75) is 0 Å². The molecule has 0 amide bonds. The molecule has 0 bridgehead atoms. The van der Waals surface area contributed by atoms with E-state index in [9.17, 15) is 0 Å². The van der Waals surface area contributed by atoms with Crippen LogP contribution < -0.4 is 0 Å². The molecule has 2 aromatic rings. The van der Waals surface area contributed by atoms with Crippen LogP contribution in [0.4, 0.5) is 0 Å². The van der Waals surface area contributed by atoms with Crippen LogP contribution in [0.5, 0.6) is 0 Å². The average molecular weight is 181 g/mol. The van der Waals surface area contributed by atoms with E-state index < -0.39 is 0 Å². The van der Waals surface area contributed by atoms with E-state index in [2.05, 4.69) is 17.0 Å². The topological polar surface area (TPSA) is 41.6 Å². The summed E-state index contributed by atoms with van der Waals surface area (Å²) in [4.78, 5) is 4.22. The Morgan fingerprint density at radius 1 is 1.50 bits per heavy atom. The lowest BCUT2D eigenvalue weighted by atomic mass is 10.2. The number of nitrogens with zero attached hydrogens (tertiary/aromatic N) is 3. The zero-order valence-corrected chi connectivity index (χ0v) is 7.65. The fourth-order valence-electron chi connectivity index (χ4n) is 1.40.